The third kappa shape index (κ3) is 4.44. The van der Waals surface area contributed by atoms with Gasteiger partial charge in [0.2, 0.25) is 0 Å². The van der Waals surface area contributed by atoms with Crippen molar-refractivity contribution in [3.05, 3.63) is 54.6 Å². The van der Waals surface area contributed by atoms with E-state index in [1.807, 2.05) is 30.3 Å². The van der Waals surface area contributed by atoms with Crippen LogP contribution in [0, 0.1) is 0 Å². The van der Waals surface area contributed by atoms with Crippen molar-refractivity contribution in [1.29, 1.82) is 0 Å². The van der Waals surface area contributed by atoms with E-state index in [4.69, 9.17) is 4.74 Å². The zero-order valence-corrected chi connectivity index (χ0v) is 11.6. The molecule has 0 saturated carbocycles. The number of benzene rings is 2. The van der Waals surface area contributed by atoms with Crippen LogP contribution in [-0.4, -0.2) is 11.2 Å². The van der Waals surface area contributed by atoms with Crippen LogP contribution < -0.4 is 10.1 Å². The van der Waals surface area contributed by atoms with E-state index in [9.17, 15) is 9.59 Å². The van der Waals surface area contributed by atoms with Crippen LogP contribution in [0.25, 0.3) is 0 Å². The van der Waals surface area contributed by atoms with Gasteiger partial charge in [-0.1, -0.05) is 18.2 Å². The summed E-state index contributed by atoms with van der Waals surface area (Å²) in [6.45, 7) is 1.34. The van der Waals surface area contributed by atoms with E-state index in [1.165, 1.54) is 6.92 Å². The van der Waals surface area contributed by atoms with Crippen LogP contribution in [-0.2, 0) is 4.79 Å². The van der Waals surface area contributed by atoms with E-state index < -0.39 is 0 Å². The first-order chi connectivity index (χ1) is 9.63. The molecule has 1 N–H and O–H groups in total. The van der Waals surface area contributed by atoms with E-state index in [0.717, 1.165) is 22.3 Å². The summed E-state index contributed by atoms with van der Waals surface area (Å²) in [5.74, 6) is 0.0949. The lowest BCUT2D eigenvalue weighted by atomic mass is 10.3. The fraction of sp³-hybridized carbons (Fsp3) is 0.0667. The predicted octanol–water partition coefficient (Wildman–Crippen LogP) is 3.94. The molecule has 1 amide bonds. The summed E-state index contributed by atoms with van der Waals surface area (Å²) in [6, 6.07) is 16.0. The van der Waals surface area contributed by atoms with Gasteiger partial charge >= 0.3 is 5.97 Å². The lowest BCUT2D eigenvalue weighted by Crippen LogP contribution is -2.04. The summed E-state index contributed by atoms with van der Waals surface area (Å²) >= 11 is 1.08. The third-order valence-electron chi connectivity index (χ3n) is 2.32. The number of para-hydroxylation sites is 1. The van der Waals surface area contributed by atoms with Crippen molar-refractivity contribution >= 4 is 28.7 Å². The zero-order valence-electron chi connectivity index (χ0n) is 10.8. The van der Waals surface area contributed by atoms with Crippen LogP contribution in [0.3, 0.4) is 0 Å². The van der Waals surface area contributed by atoms with Crippen molar-refractivity contribution in [2.45, 2.75) is 11.8 Å². The molecule has 2 aromatic rings. The number of thioether (sulfide) groups is 1. The highest BCUT2D eigenvalue weighted by Crippen LogP contribution is 2.23. The summed E-state index contributed by atoms with van der Waals surface area (Å²) in [4.78, 5) is 23.4. The van der Waals surface area contributed by atoms with Gasteiger partial charge in [-0.15, -0.1) is 0 Å². The maximum absolute atomic E-state index is 11.8. The maximum Gasteiger partial charge on any atom is 0.308 e. The Morgan fingerprint density at radius 1 is 1.00 bits per heavy atom. The molecule has 0 aliphatic heterocycles. The first-order valence-electron chi connectivity index (χ1n) is 5.96. The Hall–Kier alpha value is -2.27. The molecule has 2 rings (SSSR count). The standard InChI is InChI=1S/C15H13NO3S/c1-11(17)19-13-7-9-14(10-8-13)20-15(18)16-12-5-3-2-4-6-12/h2-10H,1H3,(H,16,18). The van der Waals surface area contributed by atoms with Crippen LogP contribution in [0.4, 0.5) is 10.5 Å². The summed E-state index contributed by atoms with van der Waals surface area (Å²) in [6.07, 6.45) is 0. The first kappa shape index (κ1) is 14.1. The van der Waals surface area contributed by atoms with Gasteiger partial charge in [-0.2, -0.15) is 0 Å². The van der Waals surface area contributed by atoms with Gasteiger partial charge in [0.05, 0.1) is 0 Å². The van der Waals surface area contributed by atoms with E-state index >= 15 is 0 Å². The van der Waals surface area contributed by atoms with Gasteiger partial charge in [0.15, 0.2) is 0 Å². The Morgan fingerprint density at radius 3 is 2.25 bits per heavy atom. The lowest BCUT2D eigenvalue weighted by molar-refractivity contribution is -0.131. The van der Waals surface area contributed by atoms with Crippen molar-refractivity contribution in [3.63, 3.8) is 0 Å². The number of anilines is 1. The number of carbonyl (C=O) groups is 2. The molecule has 0 aliphatic rings. The van der Waals surface area contributed by atoms with Crippen molar-refractivity contribution < 1.29 is 14.3 Å². The number of ether oxygens (including phenoxy) is 1. The molecule has 0 heterocycles. The monoisotopic (exact) mass is 287 g/mol. The van der Waals surface area contributed by atoms with Gasteiger partial charge < -0.3 is 10.1 Å². The minimum Gasteiger partial charge on any atom is -0.427 e. The number of nitrogens with one attached hydrogen (secondary N) is 1. The van der Waals surface area contributed by atoms with Gasteiger partial charge in [0.25, 0.3) is 5.24 Å². The number of amides is 1. The predicted molar refractivity (Wildman–Crippen MR) is 79.1 cm³/mol. The summed E-state index contributed by atoms with van der Waals surface area (Å²) in [5.41, 5.74) is 0.751. The molecule has 2 aromatic carbocycles. The SMILES string of the molecule is CC(=O)Oc1ccc(SC(=O)Nc2ccccc2)cc1. The smallest absolute Gasteiger partial charge is 0.308 e. The molecule has 0 saturated heterocycles. The highest BCUT2D eigenvalue weighted by molar-refractivity contribution is 8.13. The summed E-state index contributed by atoms with van der Waals surface area (Å²) in [5, 5.41) is 2.61. The average Bonchev–Trinajstić information content (AvgIpc) is 2.41. The van der Waals surface area contributed by atoms with Crippen LogP contribution in [0.5, 0.6) is 5.75 Å². The van der Waals surface area contributed by atoms with E-state index in [2.05, 4.69) is 5.32 Å². The van der Waals surface area contributed by atoms with Crippen molar-refractivity contribution in [2.75, 3.05) is 5.32 Å². The minimum absolute atomic E-state index is 0.170. The molecule has 102 valence electrons. The van der Waals surface area contributed by atoms with Gasteiger partial charge in [0.1, 0.15) is 5.75 Å². The van der Waals surface area contributed by atoms with Crippen LogP contribution in [0.1, 0.15) is 6.92 Å². The lowest BCUT2D eigenvalue weighted by Gasteiger charge is -2.05. The van der Waals surface area contributed by atoms with Crippen molar-refractivity contribution in [2.24, 2.45) is 0 Å². The Balaban J connectivity index is 1.93. The first-order valence-corrected chi connectivity index (χ1v) is 6.77. The molecule has 0 bridgehead atoms. The molecule has 0 spiro atoms. The molecule has 4 nitrogen and oxygen atoms in total. The third-order valence-corrected chi connectivity index (χ3v) is 3.11. The Kier molecular flexibility index (Phi) is 4.79. The minimum atomic E-state index is -0.368. The molecular formula is C15H13NO3S. The van der Waals surface area contributed by atoms with Crippen LogP contribution in [0.2, 0.25) is 0 Å². The zero-order chi connectivity index (χ0) is 14.4. The molecule has 5 heteroatoms. The number of carbonyl (C=O) groups excluding carboxylic acids is 2. The van der Waals surface area contributed by atoms with Gasteiger partial charge in [-0.25, -0.2) is 0 Å². The van der Waals surface area contributed by atoms with E-state index in [-0.39, 0.29) is 11.2 Å². The molecule has 20 heavy (non-hydrogen) atoms. The Bertz CT molecular complexity index is 596. The van der Waals surface area contributed by atoms with Gasteiger partial charge in [0, 0.05) is 17.5 Å². The van der Waals surface area contributed by atoms with Crippen molar-refractivity contribution in [3.8, 4) is 5.75 Å². The van der Waals surface area contributed by atoms with Crippen LogP contribution >= 0.6 is 11.8 Å². The normalized spacial score (nSPS) is 9.85. The number of rotatable bonds is 3. The second-order valence-corrected chi connectivity index (χ2v) is 4.99. The molecule has 0 aliphatic carbocycles. The van der Waals surface area contributed by atoms with E-state index in [1.54, 1.807) is 24.3 Å². The average molecular weight is 287 g/mol. The van der Waals surface area contributed by atoms with Gasteiger partial charge in [-0.05, 0) is 48.2 Å². The largest absolute Gasteiger partial charge is 0.427 e. The molecular weight excluding hydrogens is 274 g/mol. The van der Waals surface area contributed by atoms with Crippen molar-refractivity contribution in [1.82, 2.24) is 0 Å². The fourth-order valence-corrected chi connectivity index (χ4v) is 2.17. The molecule has 0 aromatic heterocycles. The fourth-order valence-electron chi connectivity index (χ4n) is 1.51. The number of hydrogen-bond donors (Lipinski definition) is 1. The molecule has 0 atom stereocenters. The topological polar surface area (TPSA) is 55.4 Å². The van der Waals surface area contributed by atoms with Crippen LogP contribution in [0.15, 0.2) is 59.5 Å². The Labute approximate surface area is 121 Å². The van der Waals surface area contributed by atoms with E-state index in [0.29, 0.717) is 5.75 Å². The second kappa shape index (κ2) is 6.77. The quantitative estimate of drug-likeness (QED) is 0.528. The summed E-state index contributed by atoms with van der Waals surface area (Å²) in [7, 11) is 0. The summed E-state index contributed by atoms with van der Waals surface area (Å²) < 4.78 is 4.92. The Morgan fingerprint density at radius 2 is 1.65 bits per heavy atom. The molecule has 0 radical (unpaired) electrons. The van der Waals surface area contributed by atoms with Gasteiger partial charge in [-0.3, -0.25) is 9.59 Å². The number of hydrogen-bond acceptors (Lipinski definition) is 4. The highest BCUT2D eigenvalue weighted by Gasteiger charge is 2.05. The highest BCUT2D eigenvalue weighted by atomic mass is 32.2. The molecule has 0 unspecified atom stereocenters. The molecule has 0 fully saturated rings. The second-order valence-electron chi connectivity index (χ2n) is 3.95. The number of esters is 1. The maximum atomic E-state index is 11.8.